The van der Waals surface area contributed by atoms with Gasteiger partial charge in [0.25, 0.3) is 0 Å². The molecule has 0 spiro atoms. The molecule has 1 aromatic carbocycles. The van der Waals surface area contributed by atoms with E-state index in [1.54, 1.807) is 12.1 Å². The number of furan rings is 1. The van der Waals surface area contributed by atoms with E-state index < -0.39 is 0 Å². The number of hydrogen-bond donors (Lipinski definition) is 0. The highest BCUT2D eigenvalue weighted by Crippen LogP contribution is 2.12. The van der Waals surface area contributed by atoms with Gasteiger partial charge in [0.05, 0.1) is 11.8 Å². The van der Waals surface area contributed by atoms with Gasteiger partial charge in [0.2, 0.25) is 6.21 Å². The monoisotopic (exact) mass is 252 g/mol. The summed E-state index contributed by atoms with van der Waals surface area (Å²) >= 11 is 0. The van der Waals surface area contributed by atoms with Crippen molar-refractivity contribution in [2.75, 3.05) is 0 Å². The van der Waals surface area contributed by atoms with Crippen LogP contribution in [0.3, 0.4) is 0 Å². The van der Waals surface area contributed by atoms with Crippen molar-refractivity contribution in [2.45, 2.75) is 6.54 Å². The summed E-state index contributed by atoms with van der Waals surface area (Å²) in [7, 11) is 0. The molecule has 0 aliphatic heterocycles. The highest BCUT2D eigenvalue weighted by molar-refractivity contribution is 5.78. The molecular weight excluding hydrogens is 240 g/mol. The van der Waals surface area contributed by atoms with Crippen LogP contribution in [0.2, 0.25) is 0 Å². The van der Waals surface area contributed by atoms with Crippen LogP contribution in [0.25, 0.3) is 10.9 Å². The Labute approximate surface area is 110 Å². The quantitative estimate of drug-likeness (QED) is 0.311. The fourth-order valence-corrected chi connectivity index (χ4v) is 1.91. The van der Waals surface area contributed by atoms with Crippen molar-refractivity contribution in [3.8, 4) is 0 Å². The number of hydrogen-bond acceptors (Lipinski definition) is 3. The van der Waals surface area contributed by atoms with Crippen LogP contribution in [0.1, 0.15) is 11.5 Å². The van der Waals surface area contributed by atoms with Crippen molar-refractivity contribution in [2.24, 2.45) is 0 Å². The minimum absolute atomic E-state index is 0.200. The first-order valence-electron chi connectivity index (χ1n) is 5.98. The van der Waals surface area contributed by atoms with Gasteiger partial charge in [-0.3, -0.25) is 0 Å². The van der Waals surface area contributed by atoms with E-state index in [-0.39, 0.29) is 6.54 Å². The van der Waals surface area contributed by atoms with Crippen LogP contribution in [-0.2, 0) is 6.54 Å². The topological polar surface area (TPSA) is 52.1 Å². The van der Waals surface area contributed by atoms with Crippen LogP contribution in [0, 0.1) is 5.21 Å². The Morgan fingerprint density at radius 1 is 1.11 bits per heavy atom. The molecule has 3 aromatic rings. The normalized spacial score (nSPS) is 11.9. The van der Waals surface area contributed by atoms with Gasteiger partial charge in [0.1, 0.15) is 5.69 Å². The third-order valence-electron chi connectivity index (χ3n) is 2.79. The summed E-state index contributed by atoms with van der Waals surface area (Å²) in [5.41, 5.74) is 1.63. The average Bonchev–Trinajstić information content (AvgIpc) is 2.91. The van der Waals surface area contributed by atoms with Gasteiger partial charge >= 0.3 is 0 Å². The second-order valence-corrected chi connectivity index (χ2v) is 4.22. The number of para-hydroxylation sites is 1. The maximum absolute atomic E-state index is 11.8. The van der Waals surface area contributed by atoms with Crippen LogP contribution in [0.4, 0.5) is 0 Å². The van der Waals surface area contributed by atoms with E-state index in [1.165, 1.54) is 12.5 Å². The zero-order chi connectivity index (χ0) is 13.1. The Hall–Kier alpha value is -2.62. The van der Waals surface area contributed by atoms with Crippen molar-refractivity contribution in [3.63, 3.8) is 0 Å². The molecule has 2 heterocycles. The molecule has 0 N–H and O–H groups in total. The lowest BCUT2D eigenvalue weighted by molar-refractivity contribution is -0.470. The lowest BCUT2D eigenvalue weighted by Gasteiger charge is -2.04. The summed E-state index contributed by atoms with van der Waals surface area (Å²) in [6, 6.07) is 15.1. The van der Waals surface area contributed by atoms with Gasteiger partial charge in [-0.05, 0) is 24.3 Å². The molecule has 0 fully saturated rings. The van der Waals surface area contributed by atoms with Gasteiger partial charge in [0.15, 0.2) is 12.3 Å². The molecular formula is C15H12N2O2. The molecule has 0 bridgehead atoms. The Balaban J connectivity index is 1.85. The van der Waals surface area contributed by atoms with E-state index in [4.69, 9.17) is 4.42 Å². The number of rotatable bonds is 3. The van der Waals surface area contributed by atoms with Crippen LogP contribution < -0.4 is 0 Å². The summed E-state index contributed by atoms with van der Waals surface area (Å²) < 4.78 is 5.91. The van der Waals surface area contributed by atoms with E-state index >= 15 is 0 Å². The van der Waals surface area contributed by atoms with Gasteiger partial charge in [-0.25, -0.2) is 9.72 Å². The van der Waals surface area contributed by atoms with Gasteiger partial charge < -0.3 is 9.62 Å². The molecule has 2 aromatic heterocycles. The molecule has 4 nitrogen and oxygen atoms in total. The van der Waals surface area contributed by atoms with Crippen molar-refractivity contribution in [1.29, 1.82) is 0 Å². The summed E-state index contributed by atoms with van der Waals surface area (Å²) in [6.07, 6.45) is 2.95. The van der Waals surface area contributed by atoms with Crippen LogP contribution in [0.5, 0.6) is 0 Å². The first-order chi connectivity index (χ1) is 9.31. The molecule has 0 aliphatic carbocycles. The van der Waals surface area contributed by atoms with Crippen molar-refractivity contribution in [1.82, 2.24) is 4.98 Å². The number of aromatic nitrogens is 1. The molecule has 0 radical (unpaired) electrons. The van der Waals surface area contributed by atoms with E-state index in [9.17, 15) is 5.21 Å². The molecule has 0 saturated heterocycles. The van der Waals surface area contributed by atoms with E-state index in [2.05, 4.69) is 4.98 Å². The minimum atomic E-state index is 0.200. The predicted molar refractivity (Wildman–Crippen MR) is 72.9 cm³/mol. The predicted octanol–water partition coefficient (Wildman–Crippen LogP) is 2.96. The van der Waals surface area contributed by atoms with Gasteiger partial charge in [-0.2, -0.15) is 0 Å². The van der Waals surface area contributed by atoms with Crippen LogP contribution in [-0.4, -0.2) is 15.9 Å². The zero-order valence-electron chi connectivity index (χ0n) is 10.2. The Bertz CT molecular complexity index is 718. The molecule has 4 heteroatoms. The maximum Gasteiger partial charge on any atom is 0.217 e. The second kappa shape index (κ2) is 4.94. The average molecular weight is 252 g/mol. The molecule has 0 amide bonds. The number of pyridine rings is 1. The number of benzene rings is 1. The van der Waals surface area contributed by atoms with Gasteiger partial charge in [-0.15, -0.1) is 0 Å². The number of nitrogens with zero attached hydrogens (tertiary/aromatic N) is 2. The van der Waals surface area contributed by atoms with Crippen molar-refractivity contribution >= 4 is 17.1 Å². The molecule has 3 rings (SSSR count). The fraction of sp³-hybridized carbons (Fsp3) is 0.0667. The molecule has 0 aliphatic rings. The van der Waals surface area contributed by atoms with E-state index in [0.717, 1.165) is 21.3 Å². The molecule has 19 heavy (non-hydrogen) atoms. The molecule has 0 atom stereocenters. The third-order valence-corrected chi connectivity index (χ3v) is 2.79. The lowest BCUT2D eigenvalue weighted by atomic mass is 10.2. The number of hydroxylamine groups is 1. The minimum Gasteiger partial charge on any atom is -0.623 e. The second-order valence-electron chi connectivity index (χ2n) is 4.22. The lowest BCUT2D eigenvalue weighted by Crippen LogP contribution is -2.06. The highest BCUT2D eigenvalue weighted by atomic mass is 16.5. The standard InChI is InChI=1S/C15H12N2O2/c18-17(11-14-5-3-9-19-14)10-13-8-7-12-4-1-2-6-15(12)16-13/h1-9,11H,10H2/b17-11-. The van der Waals surface area contributed by atoms with Gasteiger partial charge in [0, 0.05) is 5.39 Å². The maximum atomic E-state index is 11.8. The van der Waals surface area contributed by atoms with E-state index in [0.29, 0.717) is 5.76 Å². The van der Waals surface area contributed by atoms with Crippen molar-refractivity contribution < 1.29 is 9.16 Å². The smallest absolute Gasteiger partial charge is 0.217 e. The van der Waals surface area contributed by atoms with Crippen LogP contribution in [0.15, 0.2) is 59.2 Å². The van der Waals surface area contributed by atoms with Gasteiger partial charge in [-0.1, -0.05) is 24.3 Å². The molecule has 0 saturated carbocycles. The largest absolute Gasteiger partial charge is 0.623 e. The SMILES string of the molecule is [O-]/[N+](=C\c1ccco1)Cc1ccc2ccccc2n1. The highest BCUT2D eigenvalue weighted by Gasteiger charge is 2.03. The summed E-state index contributed by atoms with van der Waals surface area (Å²) in [6.45, 7) is 0.200. The summed E-state index contributed by atoms with van der Waals surface area (Å²) in [5, 5.41) is 12.8. The Morgan fingerprint density at radius 2 is 2.00 bits per heavy atom. The fourth-order valence-electron chi connectivity index (χ4n) is 1.91. The van der Waals surface area contributed by atoms with Crippen LogP contribution >= 0.6 is 0 Å². The first-order valence-corrected chi connectivity index (χ1v) is 5.98. The third kappa shape index (κ3) is 2.63. The van der Waals surface area contributed by atoms with Crippen molar-refractivity contribution in [3.05, 3.63) is 71.5 Å². The zero-order valence-corrected chi connectivity index (χ0v) is 10.2. The number of fused-ring (bicyclic) bond motifs is 1. The molecule has 94 valence electrons. The Kier molecular flexibility index (Phi) is 2.98. The molecule has 0 unspecified atom stereocenters. The Morgan fingerprint density at radius 3 is 2.84 bits per heavy atom. The first kappa shape index (κ1) is 11.5. The van der Waals surface area contributed by atoms with E-state index in [1.807, 2.05) is 36.4 Å². The summed E-state index contributed by atoms with van der Waals surface area (Å²) in [4.78, 5) is 4.45. The summed E-state index contributed by atoms with van der Waals surface area (Å²) in [5.74, 6) is 0.538.